The number of carbonyl (C=O) groups is 1. The summed E-state index contributed by atoms with van der Waals surface area (Å²) in [4.78, 5) is 22.3. The second-order valence-corrected chi connectivity index (χ2v) is 10.7. The molecule has 1 N–H and O–H groups in total. The molecule has 2 bridgehead atoms. The fraction of sp³-hybridized carbons (Fsp3) is 0.385. The van der Waals surface area contributed by atoms with Gasteiger partial charge in [-0.2, -0.15) is 13.2 Å². The number of alkyl halides is 3. The van der Waals surface area contributed by atoms with Crippen molar-refractivity contribution in [1.29, 1.82) is 0 Å². The number of rotatable bonds is 3. The van der Waals surface area contributed by atoms with Crippen LogP contribution in [0.25, 0.3) is 33.5 Å². The van der Waals surface area contributed by atoms with E-state index in [0.717, 1.165) is 6.54 Å². The number of hydrogen-bond acceptors (Lipinski definition) is 4. The molecule has 0 radical (unpaired) electrons. The van der Waals surface area contributed by atoms with Gasteiger partial charge >= 0.3 is 6.18 Å². The van der Waals surface area contributed by atoms with E-state index >= 15 is 0 Å². The van der Waals surface area contributed by atoms with E-state index in [1.54, 1.807) is 49.4 Å². The molecule has 2 aromatic carbocycles. The quantitative estimate of drug-likeness (QED) is 0.443. The Morgan fingerprint density at radius 1 is 1.22 bits per heavy atom. The van der Waals surface area contributed by atoms with Crippen LogP contribution in [0.3, 0.4) is 0 Å². The maximum Gasteiger partial charge on any atom is 0.406 e. The summed E-state index contributed by atoms with van der Waals surface area (Å²) in [7, 11) is 0. The van der Waals surface area contributed by atoms with Gasteiger partial charge in [0.25, 0.3) is 5.91 Å². The predicted octanol–water partition coefficient (Wildman–Crippen LogP) is 3.68. The van der Waals surface area contributed by atoms with Crippen molar-refractivity contribution in [3.63, 3.8) is 0 Å². The van der Waals surface area contributed by atoms with E-state index < -0.39 is 18.3 Å². The zero-order chi connectivity index (χ0) is 24.7. The average molecular weight is 493 g/mol. The van der Waals surface area contributed by atoms with Crippen LogP contribution in [-0.2, 0) is 18.7 Å². The number of carbonyl (C=O) groups excluding carboxylic acids is 1. The van der Waals surface area contributed by atoms with Gasteiger partial charge in [0, 0.05) is 41.2 Å². The fourth-order valence-corrected chi connectivity index (χ4v) is 6.52. The van der Waals surface area contributed by atoms with Crippen LogP contribution >= 0.6 is 0 Å². The molecule has 4 saturated heterocycles. The van der Waals surface area contributed by atoms with Crippen molar-refractivity contribution in [1.82, 2.24) is 23.9 Å². The number of amides is 1. The molecule has 0 spiro atoms. The molecule has 7 heterocycles. The van der Waals surface area contributed by atoms with E-state index in [1.807, 2.05) is 9.47 Å². The summed E-state index contributed by atoms with van der Waals surface area (Å²) in [5, 5.41) is 11.9. The van der Waals surface area contributed by atoms with Crippen molar-refractivity contribution >= 4 is 27.8 Å². The summed E-state index contributed by atoms with van der Waals surface area (Å²) < 4.78 is 44.0. The van der Waals surface area contributed by atoms with Gasteiger partial charge < -0.3 is 19.1 Å². The van der Waals surface area contributed by atoms with E-state index in [-0.39, 0.29) is 12.1 Å². The topological polar surface area (TPSA) is 66.3 Å². The smallest absolute Gasteiger partial charge is 0.385 e. The molecule has 9 rings (SSSR count). The fourth-order valence-electron chi connectivity index (χ4n) is 6.52. The molecule has 4 fully saturated rings. The van der Waals surface area contributed by atoms with Gasteiger partial charge in [-0.25, -0.2) is 4.98 Å². The molecule has 5 aliphatic heterocycles. The lowest BCUT2D eigenvalue weighted by atomic mass is 9.87. The summed E-state index contributed by atoms with van der Waals surface area (Å²) in [5.41, 5.74) is 1.89. The number of halogens is 3. The van der Waals surface area contributed by atoms with E-state index in [0.29, 0.717) is 69.6 Å². The molecule has 5 unspecified atom stereocenters. The number of nitrogens with zero attached hydrogens (tertiary/aromatic N) is 5. The second kappa shape index (κ2) is 6.30. The first-order valence-corrected chi connectivity index (χ1v) is 12.1. The minimum absolute atomic E-state index is 0.0886. The Morgan fingerprint density at radius 2 is 2.00 bits per heavy atom. The summed E-state index contributed by atoms with van der Waals surface area (Å²) in [5.74, 6) is 0.320. The third-order valence-electron chi connectivity index (χ3n) is 8.39. The third-order valence-corrected chi connectivity index (χ3v) is 8.39. The molecule has 36 heavy (non-hydrogen) atoms. The number of aliphatic hydroxyl groups is 1. The highest BCUT2D eigenvalue weighted by Crippen LogP contribution is 2.59. The Balaban J connectivity index is 1.33. The lowest BCUT2D eigenvalue weighted by Crippen LogP contribution is -2.32. The SMILES string of the molecule is CC1(O)CCn2c(-c3cc4ccccc4n3CC(F)(F)F)nc3cc(C(=O)N4CC5C6C4N56)cc1c32. The monoisotopic (exact) mass is 493 g/mol. The Morgan fingerprint density at radius 3 is 2.72 bits per heavy atom. The molecule has 4 aromatic rings. The highest BCUT2D eigenvalue weighted by atomic mass is 19.4. The number of hydrogen-bond donors (Lipinski definition) is 1. The lowest BCUT2D eigenvalue weighted by Gasteiger charge is -2.31. The van der Waals surface area contributed by atoms with Crippen LogP contribution in [0.5, 0.6) is 0 Å². The largest absolute Gasteiger partial charge is 0.406 e. The van der Waals surface area contributed by atoms with Crippen molar-refractivity contribution in [2.75, 3.05) is 6.54 Å². The van der Waals surface area contributed by atoms with Crippen molar-refractivity contribution in [3.05, 3.63) is 53.6 Å². The molecule has 10 heteroatoms. The minimum Gasteiger partial charge on any atom is -0.385 e. The van der Waals surface area contributed by atoms with Gasteiger partial charge in [0.2, 0.25) is 0 Å². The maximum atomic E-state index is 13.6. The van der Waals surface area contributed by atoms with Crippen molar-refractivity contribution < 1.29 is 23.1 Å². The number of imidazole rings is 1. The van der Waals surface area contributed by atoms with Crippen LogP contribution < -0.4 is 0 Å². The van der Waals surface area contributed by atoms with Gasteiger partial charge in [-0.3, -0.25) is 9.69 Å². The van der Waals surface area contributed by atoms with Gasteiger partial charge in [0.1, 0.15) is 12.7 Å². The molecule has 7 nitrogen and oxygen atoms in total. The number of piperazine rings is 1. The predicted molar refractivity (Wildman–Crippen MR) is 125 cm³/mol. The molecule has 2 aromatic heterocycles. The van der Waals surface area contributed by atoms with E-state index in [4.69, 9.17) is 4.98 Å². The van der Waals surface area contributed by atoms with Gasteiger partial charge in [-0.1, -0.05) is 18.2 Å². The van der Waals surface area contributed by atoms with Gasteiger partial charge in [0.05, 0.1) is 28.4 Å². The lowest BCUT2D eigenvalue weighted by molar-refractivity contribution is -0.139. The Kier molecular flexibility index (Phi) is 3.64. The molecule has 0 aliphatic carbocycles. The van der Waals surface area contributed by atoms with Gasteiger partial charge in [0.15, 0.2) is 5.82 Å². The number of aryl methyl sites for hydroxylation is 1. The van der Waals surface area contributed by atoms with Gasteiger partial charge in [-0.15, -0.1) is 0 Å². The van der Waals surface area contributed by atoms with Crippen LogP contribution in [0.15, 0.2) is 42.5 Å². The summed E-state index contributed by atoms with van der Waals surface area (Å²) in [6, 6.07) is 13.2. The molecule has 1 amide bonds. The van der Waals surface area contributed by atoms with E-state index in [9.17, 15) is 23.1 Å². The standard InChI is InChI=1S/C26H22F3N5O2/c1-25(36)6-7-31-20-15(25)8-14(24(35)32-11-19-21-23(32)34(19)21)9-16(20)30-22(31)18-10-13-4-2-3-5-17(13)33(18)12-26(27,28)29/h2-5,8-10,19,21,23,36H,6-7,11-12H2,1H3. The zero-order valence-corrected chi connectivity index (χ0v) is 19.3. The average Bonchev–Trinajstić information content (AvgIpc) is 3.43. The molecular weight excluding hydrogens is 471 g/mol. The first-order valence-electron chi connectivity index (χ1n) is 12.1. The molecule has 5 atom stereocenters. The first kappa shape index (κ1) is 20.8. The zero-order valence-electron chi connectivity index (χ0n) is 19.3. The Labute approximate surface area is 203 Å². The summed E-state index contributed by atoms with van der Waals surface area (Å²) in [6.07, 6.45) is -3.85. The first-order chi connectivity index (χ1) is 17.1. The Bertz CT molecular complexity index is 1620. The van der Waals surface area contributed by atoms with Gasteiger partial charge in [-0.05, 0) is 37.6 Å². The number of benzene rings is 2. The van der Waals surface area contributed by atoms with Crippen LogP contribution in [0.4, 0.5) is 13.2 Å². The third kappa shape index (κ3) is 2.66. The number of para-hydroxylation sites is 1. The van der Waals surface area contributed by atoms with E-state index in [2.05, 4.69) is 4.90 Å². The van der Waals surface area contributed by atoms with Crippen molar-refractivity contribution in [2.24, 2.45) is 0 Å². The highest BCUT2D eigenvalue weighted by molar-refractivity contribution is 6.00. The summed E-state index contributed by atoms with van der Waals surface area (Å²) in [6.45, 7) is 1.70. The Hall–Kier alpha value is -3.37. The van der Waals surface area contributed by atoms with Crippen LogP contribution in [0.1, 0.15) is 29.3 Å². The van der Waals surface area contributed by atoms with Crippen LogP contribution in [0.2, 0.25) is 0 Å². The van der Waals surface area contributed by atoms with Crippen molar-refractivity contribution in [3.8, 4) is 11.5 Å². The summed E-state index contributed by atoms with van der Waals surface area (Å²) >= 11 is 0. The molecule has 0 saturated carbocycles. The van der Waals surface area contributed by atoms with Crippen LogP contribution in [-0.4, -0.2) is 65.9 Å². The highest BCUT2D eigenvalue weighted by Gasteiger charge is 2.80. The molecule has 184 valence electrons. The second-order valence-electron chi connectivity index (χ2n) is 10.7. The minimum atomic E-state index is -4.41. The normalized spacial score (nSPS) is 29.8. The molecule has 5 aliphatic rings. The number of aromatic nitrogens is 3. The van der Waals surface area contributed by atoms with Crippen molar-refractivity contribution in [2.45, 2.75) is 56.5 Å². The number of fused-ring (bicyclic) bond motifs is 2. The molecular formula is C26H22F3N5O2. The van der Waals surface area contributed by atoms with E-state index in [1.165, 1.54) is 4.57 Å². The maximum absolute atomic E-state index is 13.6. The van der Waals surface area contributed by atoms with Crippen LogP contribution in [0, 0.1) is 0 Å².